The van der Waals surface area contributed by atoms with E-state index in [-0.39, 0.29) is 6.10 Å². The van der Waals surface area contributed by atoms with Crippen molar-refractivity contribution in [1.29, 1.82) is 0 Å². The van der Waals surface area contributed by atoms with Crippen LogP contribution in [0.5, 0.6) is 5.88 Å². The lowest BCUT2D eigenvalue weighted by Gasteiger charge is -2.14. The van der Waals surface area contributed by atoms with E-state index in [9.17, 15) is 4.79 Å². The highest BCUT2D eigenvalue weighted by molar-refractivity contribution is 5.74. The average molecular weight is 233 g/mol. The molecule has 0 N–H and O–H groups in total. The van der Waals surface area contributed by atoms with Crippen molar-refractivity contribution in [2.45, 2.75) is 31.3 Å². The van der Waals surface area contributed by atoms with Crippen molar-refractivity contribution in [1.82, 2.24) is 4.98 Å². The maximum absolute atomic E-state index is 10.8. The third kappa shape index (κ3) is 2.31. The Morgan fingerprint density at radius 3 is 2.94 bits per heavy atom. The standard InChI is InChI=1S/C13H15NO3/c15-7-9-5-12(10-1-2-10)13(14-6-9)17-11-3-4-16-8-11/h5-7,10-11H,1-4,8H2. The number of pyridine rings is 1. The molecule has 1 saturated carbocycles. The summed E-state index contributed by atoms with van der Waals surface area (Å²) in [7, 11) is 0. The lowest BCUT2D eigenvalue weighted by atomic mass is 10.1. The molecule has 0 amide bonds. The third-order valence-corrected chi connectivity index (χ3v) is 3.22. The van der Waals surface area contributed by atoms with Crippen LogP contribution in [0.25, 0.3) is 0 Å². The van der Waals surface area contributed by atoms with Crippen molar-refractivity contribution in [3.63, 3.8) is 0 Å². The number of carbonyl (C=O) groups is 1. The van der Waals surface area contributed by atoms with Gasteiger partial charge in [0.2, 0.25) is 5.88 Å². The summed E-state index contributed by atoms with van der Waals surface area (Å²) in [5.74, 6) is 1.22. The fraction of sp³-hybridized carbons (Fsp3) is 0.538. The molecule has 0 aromatic carbocycles. The van der Waals surface area contributed by atoms with Gasteiger partial charge in [-0.2, -0.15) is 0 Å². The second kappa shape index (κ2) is 4.45. The number of rotatable bonds is 4. The Balaban J connectivity index is 1.83. The molecule has 0 spiro atoms. The quantitative estimate of drug-likeness (QED) is 0.746. The lowest BCUT2D eigenvalue weighted by Crippen LogP contribution is -2.17. The van der Waals surface area contributed by atoms with E-state index in [1.807, 2.05) is 6.07 Å². The molecule has 1 aliphatic heterocycles. The van der Waals surface area contributed by atoms with Crippen molar-refractivity contribution < 1.29 is 14.3 Å². The maximum Gasteiger partial charge on any atom is 0.217 e. The zero-order valence-corrected chi connectivity index (χ0v) is 9.59. The Labute approximate surface area is 99.9 Å². The molecule has 4 heteroatoms. The predicted octanol–water partition coefficient (Wildman–Crippen LogP) is 1.94. The van der Waals surface area contributed by atoms with Gasteiger partial charge in [0.15, 0.2) is 6.29 Å². The maximum atomic E-state index is 10.8. The number of ether oxygens (including phenoxy) is 2. The van der Waals surface area contributed by atoms with Gasteiger partial charge < -0.3 is 9.47 Å². The van der Waals surface area contributed by atoms with Crippen LogP contribution in [0.3, 0.4) is 0 Å². The minimum atomic E-state index is 0.113. The Morgan fingerprint density at radius 2 is 2.29 bits per heavy atom. The van der Waals surface area contributed by atoms with Crippen molar-refractivity contribution in [2.75, 3.05) is 13.2 Å². The zero-order chi connectivity index (χ0) is 11.7. The van der Waals surface area contributed by atoms with Gasteiger partial charge in [-0.1, -0.05) is 0 Å². The first kappa shape index (κ1) is 10.7. The Kier molecular flexibility index (Phi) is 2.81. The molecule has 1 atom stereocenters. The van der Waals surface area contributed by atoms with Crippen LogP contribution in [0.2, 0.25) is 0 Å². The molecule has 90 valence electrons. The van der Waals surface area contributed by atoms with Gasteiger partial charge in [-0.3, -0.25) is 4.79 Å². The van der Waals surface area contributed by atoms with Crippen LogP contribution < -0.4 is 4.74 Å². The molecule has 1 unspecified atom stereocenters. The van der Waals surface area contributed by atoms with Crippen molar-refractivity contribution in [3.8, 4) is 5.88 Å². The minimum Gasteiger partial charge on any atom is -0.472 e. The number of aldehydes is 1. The molecule has 4 nitrogen and oxygen atoms in total. The molecule has 1 aromatic heterocycles. The lowest BCUT2D eigenvalue weighted by molar-refractivity contribution is 0.112. The van der Waals surface area contributed by atoms with Crippen molar-refractivity contribution in [3.05, 3.63) is 23.4 Å². The average Bonchev–Trinajstić information content (AvgIpc) is 3.08. The molecular formula is C13H15NO3. The van der Waals surface area contributed by atoms with E-state index < -0.39 is 0 Å². The minimum absolute atomic E-state index is 0.113. The molecule has 1 saturated heterocycles. The second-order valence-corrected chi connectivity index (χ2v) is 4.66. The Bertz CT molecular complexity index is 423. The highest BCUT2D eigenvalue weighted by Crippen LogP contribution is 2.44. The largest absolute Gasteiger partial charge is 0.472 e. The highest BCUT2D eigenvalue weighted by atomic mass is 16.5. The predicted molar refractivity (Wildman–Crippen MR) is 61.5 cm³/mol. The SMILES string of the molecule is O=Cc1cnc(OC2CCOC2)c(C2CC2)c1. The molecule has 0 bridgehead atoms. The smallest absolute Gasteiger partial charge is 0.217 e. The first-order chi connectivity index (χ1) is 8.36. The summed E-state index contributed by atoms with van der Waals surface area (Å²) < 4.78 is 11.1. The summed E-state index contributed by atoms with van der Waals surface area (Å²) in [4.78, 5) is 15.0. The van der Waals surface area contributed by atoms with Crippen LogP contribution in [-0.4, -0.2) is 30.6 Å². The second-order valence-electron chi connectivity index (χ2n) is 4.66. The van der Waals surface area contributed by atoms with Crippen LogP contribution in [0.1, 0.15) is 41.1 Å². The fourth-order valence-electron chi connectivity index (χ4n) is 2.10. The van der Waals surface area contributed by atoms with E-state index in [1.165, 1.54) is 12.8 Å². The van der Waals surface area contributed by atoms with E-state index in [2.05, 4.69) is 4.98 Å². The third-order valence-electron chi connectivity index (χ3n) is 3.22. The molecule has 1 aromatic rings. The number of aromatic nitrogens is 1. The molecule has 2 heterocycles. The number of carbonyl (C=O) groups excluding carboxylic acids is 1. The highest BCUT2D eigenvalue weighted by Gasteiger charge is 2.29. The van der Waals surface area contributed by atoms with Gasteiger partial charge in [0.25, 0.3) is 0 Å². The molecule has 2 aliphatic rings. The topological polar surface area (TPSA) is 48.4 Å². The van der Waals surface area contributed by atoms with E-state index in [0.29, 0.717) is 24.0 Å². The summed E-state index contributed by atoms with van der Waals surface area (Å²) in [6.45, 7) is 1.40. The van der Waals surface area contributed by atoms with Gasteiger partial charge in [0, 0.05) is 23.7 Å². The molecule has 2 fully saturated rings. The monoisotopic (exact) mass is 233 g/mol. The van der Waals surface area contributed by atoms with Gasteiger partial charge in [-0.15, -0.1) is 0 Å². The van der Waals surface area contributed by atoms with Gasteiger partial charge in [-0.05, 0) is 24.8 Å². The molecular weight excluding hydrogens is 218 g/mol. The molecule has 3 rings (SSSR count). The fourth-order valence-corrected chi connectivity index (χ4v) is 2.10. The van der Waals surface area contributed by atoms with Gasteiger partial charge in [-0.25, -0.2) is 4.98 Å². The van der Waals surface area contributed by atoms with E-state index in [4.69, 9.17) is 9.47 Å². The number of hydrogen-bond donors (Lipinski definition) is 0. The summed E-state index contributed by atoms with van der Waals surface area (Å²) in [5, 5.41) is 0. The van der Waals surface area contributed by atoms with E-state index in [0.717, 1.165) is 24.9 Å². The molecule has 17 heavy (non-hydrogen) atoms. The molecule has 0 radical (unpaired) electrons. The summed E-state index contributed by atoms with van der Waals surface area (Å²) in [6.07, 6.45) is 5.78. The van der Waals surface area contributed by atoms with Crippen LogP contribution >= 0.6 is 0 Å². The Morgan fingerprint density at radius 1 is 1.41 bits per heavy atom. The van der Waals surface area contributed by atoms with E-state index >= 15 is 0 Å². The summed E-state index contributed by atoms with van der Waals surface area (Å²) >= 11 is 0. The van der Waals surface area contributed by atoms with Crippen LogP contribution in [0, 0.1) is 0 Å². The molecule has 1 aliphatic carbocycles. The number of hydrogen-bond acceptors (Lipinski definition) is 4. The Hall–Kier alpha value is -1.42. The zero-order valence-electron chi connectivity index (χ0n) is 9.59. The first-order valence-electron chi connectivity index (χ1n) is 6.06. The van der Waals surface area contributed by atoms with Crippen molar-refractivity contribution in [2.24, 2.45) is 0 Å². The normalized spacial score (nSPS) is 23.6. The van der Waals surface area contributed by atoms with Crippen LogP contribution in [-0.2, 0) is 4.74 Å². The van der Waals surface area contributed by atoms with Crippen LogP contribution in [0.4, 0.5) is 0 Å². The van der Waals surface area contributed by atoms with Gasteiger partial charge in [0.1, 0.15) is 6.10 Å². The van der Waals surface area contributed by atoms with E-state index in [1.54, 1.807) is 6.20 Å². The first-order valence-corrected chi connectivity index (χ1v) is 6.06. The number of nitrogens with zero attached hydrogens (tertiary/aromatic N) is 1. The summed E-state index contributed by atoms with van der Waals surface area (Å²) in [5.41, 5.74) is 1.71. The van der Waals surface area contributed by atoms with Crippen LogP contribution in [0.15, 0.2) is 12.3 Å². The van der Waals surface area contributed by atoms with Gasteiger partial charge in [0.05, 0.1) is 13.2 Å². The van der Waals surface area contributed by atoms with Gasteiger partial charge >= 0.3 is 0 Å². The summed E-state index contributed by atoms with van der Waals surface area (Å²) in [6, 6.07) is 1.91. The van der Waals surface area contributed by atoms with Crippen molar-refractivity contribution >= 4 is 6.29 Å².